The lowest BCUT2D eigenvalue weighted by Crippen LogP contribution is -2.53. The molecule has 18 heavy (non-hydrogen) atoms. The molecule has 1 rings (SSSR count). The summed E-state index contributed by atoms with van der Waals surface area (Å²) < 4.78 is 0. The average Bonchev–Trinajstić information content (AvgIpc) is 2.29. The number of carboxylic acids is 1. The second kappa shape index (κ2) is 6.58. The Balaban J connectivity index is 2.56. The van der Waals surface area contributed by atoms with Crippen molar-refractivity contribution in [3.63, 3.8) is 0 Å². The fourth-order valence-corrected chi connectivity index (χ4v) is 1.97. The van der Waals surface area contributed by atoms with Crippen molar-refractivity contribution in [1.29, 1.82) is 0 Å². The summed E-state index contributed by atoms with van der Waals surface area (Å²) in [6.07, 6.45) is -0.00232. The van der Waals surface area contributed by atoms with Crippen molar-refractivity contribution in [3.05, 3.63) is 0 Å². The Morgan fingerprint density at radius 3 is 2.22 bits per heavy atom. The minimum Gasteiger partial charge on any atom is -0.481 e. The highest BCUT2D eigenvalue weighted by Crippen LogP contribution is 2.08. The third kappa shape index (κ3) is 4.18. The predicted octanol–water partition coefficient (Wildman–Crippen LogP) is 0.539. The van der Waals surface area contributed by atoms with Gasteiger partial charge in [0.25, 0.3) is 0 Å². The molecule has 0 radical (unpaired) electrons. The molecule has 1 saturated heterocycles. The van der Waals surface area contributed by atoms with Crippen LogP contribution in [0.5, 0.6) is 0 Å². The lowest BCUT2D eigenvalue weighted by atomic mass is 10.2. The number of carbonyl (C=O) groups is 2. The van der Waals surface area contributed by atoms with Crippen molar-refractivity contribution in [2.45, 2.75) is 26.3 Å². The SMILES string of the molecule is CC(C)N(CCC(=O)O)C(=O)N1CCN(C)CC1. The van der Waals surface area contributed by atoms with Crippen LogP contribution in [-0.4, -0.2) is 77.6 Å². The van der Waals surface area contributed by atoms with E-state index >= 15 is 0 Å². The number of piperazine rings is 1. The van der Waals surface area contributed by atoms with Crippen LogP contribution in [0, 0.1) is 0 Å². The highest BCUT2D eigenvalue weighted by Gasteiger charge is 2.25. The van der Waals surface area contributed by atoms with Crippen LogP contribution in [0.2, 0.25) is 0 Å². The van der Waals surface area contributed by atoms with Gasteiger partial charge in [-0.25, -0.2) is 4.79 Å². The van der Waals surface area contributed by atoms with Crippen LogP contribution in [-0.2, 0) is 4.79 Å². The Labute approximate surface area is 108 Å². The van der Waals surface area contributed by atoms with Crippen LogP contribution in [0.4, 0.5) is 4.79 Å². The van der Waals surface area contributed by atoms with Gasteiger partial charge in [0.1, 0.15) is 0 Å². The first-order valence-corrected chi connectivity index (χ1v) is 6.37. The third-order valence-electron chi connectivity index (χ3n) is 3.21. The average molecular weight is 257 g/mol. The molecular weight excluding hydrogens is 234 g/mol. The van der Waals surface area contributed by atoms with E-state index in [-0.39, 0.29) is 25.0 Å². The largest absolute Gasteiger partial charge is 0.481 e. The summed E-state index contributed by atoms with van der Waals surface area (Å²) >= 11 is 0. The molecular formula is C12H23N3O3. The number of carbonyl (C=O) groups excluding carboxylic acids is 1. The molecule has 104 valence electrons. The van der Waals surface area contributed by atoms with Crippen molar-refractivity contribution >= 4 is 12.0 Å². The molecule has 0 aromatic heterocycles. The lowest BCUT2D eigenvalue weighted by Gasteiger charge is -2.37. The van der Waals surface area contributed by atoms with Gasteiger partial charge in [0.15, 0.2) is 0 Å². The Hall–Kier alpha value is -1.30. The number of carboxylic acid groups (broad SMARTS) is 1. The third-order valence-corrected chi connectivity index (χ3v) is 3.21. The first-order chi connectivity index (χ1) is 8.41. The summed E-state index contributed by atoms with van der Waals surface area (Å²) in [7, 11) is 2.03. The molecule has 0 saturated carbocycles. The lowest BCUT2D eigenvalue weighted by molar-refractivity contribution is -0.137. The zero-order chi connectivity index (χ0) is 13.7. The minimum absolute atomic E-state index is 0.00232. The summed E-state index contributed by atoms with van der Waals surface area (Å²) in [5.74, 6) is -0.869. The van der Waals surface area contributed by atoms with E-state index in [0.717, 1.165) is 13.1 Å². The van der Waals surface area contributed by atoms with E-state index in [1.54, 1.807) is 4.90 Å². The number of urea groups is 1. The number of nitrogens with zero attached hydrogens (tertiary/aromatic N) is 3. The molecule has 1 fully saturated rings. The number of aliphatic carboxylic acids is 1. The van der Waals surface area contributed by atoms with Gasteiger partial charge in [-0.3, -0.25) is 4.79 Å². The van der Waals surface area contributed by atoms with Gasteiger partial charge in [-0.2, -0.15) is 0 Å². The molecule has 6 nitrogen and oxygen atoms in total. The van der Waals surface area contributed by atoms with E-state index in [9.17, 15) is 9.59 Å². The molecule has 1 aliphatic rings. The van der Waals surface area contributed by atoms with Gasteiger partial charge >= 0.3 is 12.0 Å². The topological polar surface area (TPSA) is 64.1 Å². The van der Waals surface area contributed by atoms with Gasteiger partial charge in [-0.1, -0.05) is 0 Å². The van der Waals surface area contributed by atoms with Crippen LogP contribution in [0.15, 0.2) is 0 Å². The van der Waals surface area contributed by atoms with E-state index in [0.29, 0.717) is 13.1 Å². The van der Waals surface area contributed by atoms with E-state index in [1.165, 1.54) is 0 Å². The quantitative estimate of drug-likeness (QED) is 0.798. The van der Waals surface area contributed by atoms with Gasteiger partial charge in [0.2, 0.25) is 0 Å². The summed E-state index contributed by atoms with van der Waals surface area (Å²) in [5, 5.41) is 8.71. The van der Waals surface area contributed by atoms with Crippen molar-refractivity contribution in [3.8, 4) is 0 Å². The standard InChI is InChI=1S/C12H23N3O3/c1-10(2)15(5-4-11(16)17)12(18)14-8-6-13(3)7-9-14/h10H,4-9H2,1-3H3,(H,16,17). The van der Waals surface area contributed by atoms with Crippen LogP contribution in [0.1, 0.15) is 20.3 Å². The zero-order valence-corrected chi connectivity index (χ0v) is 11.4. The monoisotopic (exact) mass is 257 g/mol. The highest BCUT2D eigenvalue weighted by molar-refractivity contribution is 5.76. The minimum atomic E-state index is -0.869. The number of likely N-dealkylation sites (N-methyl/N-ethyl adjacent to an activating group) is 1. The normalized spacial score (nSPS) is 17.0. The molecule has 1 heterocycles. The maximum Gasteiger partial charge on any atom is 0.320 e. The maximum absolute atomic E-state index is 12.3. The first kappa shape index (κ1) is 14.8. The molecule has 2 amide bonds. The van der Waals surface area contributed by atoms with Crippen molar-refractivity contribution in [2.24, 2.45) is 0 Å². The van der Waals surface area contributed by atoms with Gasteiger partial charge in [-0.15, -0.1) is 0 Å². The van der Waals surface area contributed by atoms with Crippen molar-refractivity contribution in [2.75, 3.05) is 39.8 Å². The summed E-state index contributed by atoms with van der Waals surface area (Å²) in [6, 6.07) is -0.0177. The Morgan fingerprint density at radius 2 is 1.78 bits per heavy atom. The van der Waals surface area contributed by atoms with E-state index in [2.05, 4.69) is 4.90 Å². The Kier molecular flexibility index (Phi) is 5.40. The molecule has 1 aliphatic heterocycles. The molecule has 1 N–H and O–H groups in total. The molecule has 6 heteroatoms. The number of hydrogen-bond acceptors (Lipinski definition) is 3. The second-order valence-electron chi connectivity index (χ2n) is 5.00. The fraction of sp³-hybridized carbons (Fsp3) is 0.833. The Morgan fingerprint density at radius 1 is 1.22 bits per heavy atom. The molecule has 0 aliphatic carbocycles. The molecule has 0 bridgehead atoms. The van der Waals surface area contributed by atoms with Crippen LogP contribution >= 0.6 is 0 Å². The van der Waals surface area contributed by atoms with Crippen LogP contribution < -0.4 is 0 Å². The van der Waals surface area contributed by atoms with Gasteiger partial charge in [0.05, 0.1) is 6.42 Å². The molecule has 0 atom stereocenters. The second-order valence-corrected chi connectivity index (χ2v) is 5.00. The van der Waals surface area contributed by atoms with E-state index in [1.807, 2.05) is 25.8 Å². The Bertz CT molecular complexity index is 299. The van der Waals surface area contributed by atoms with Gasteiger partial charge in [0, 0.05) is 38.8 Å². The van der Waals surface area contributed by atoms with Crippen LogP contribution in [0.25, 0.3) is 0 Å². The number of hydrogen-bond donors (Lipinski definition) is 1. The predicted molar refractivity (Wildman–Crippen MR) is 68.6 cm³/mol. The first-order valence-electron chi connectivity index (χ1n) is 6.37. The molecule has 0 spiro atoms. The molecule has 0 aromatic carbocycles. The van der Waals surface area contributed by atoms with E-state index in [4.69, 9.17) is 5.11 Å². The molecule has 0 aromatic rings. The smallest absolute Gasteiger partial charge is 0.320 e. The van der Waals surface area contributed by atoms with Gasteiger partial charge in [-0.05, 0) is 20.9 Å². The molecule has 0 unspecified atom stereocenters. The summed E-state index contributed by atoms with van der Waals surface area (Å²) in [4.78, 5) is 28.5. The van der Waals surface area contributed by atoms with Gasteiger partial charge < -0.3 is 19.8 Å². The highest BCUT2D eigenvalue weighted by atomic mass is 16.4. The number of amides is 2. The van der Waals surface area contributed by atoms with Crippen molar-refractivity contribution < 1.29 is 14.7 Å². The fourth-order valence-electron chi connectivity index (χ4n) is 1.97. The van der Waals surface area contributed by atoms with Crippen LogP contribution in [0.3, 0.4) is 0 Å². The van der Waals surface area contributed by atoms with Crippen molar-refractivity contribution in [1.82, 2.24) is 14.7 Å². The van der Waals surface area contributed by atoms with E-state index < -0.39 is 5.97 Å². The zero-order valence-electron chi connectivity index (χ0n) is 11.4. The summed E-state index contributed by atoms with van der Waals surface area (Å²) in [6.45, 7) is 7.27. The maximum atomic E-state index is 12.3. The number of rotatable bonds is 4. The summed E-state index contributed by atoms with van der Waals surface area (Å²) in [5.41, 5.74) is 0.